The highest BCUT2D eigenvalue weighted by atomic mass is 16.3. The van der Waals surface area contributed by atoms with Crippen LogP contribution in [0.3, 0.4) is 0 Å². The third kappa shape index (κ3) is 3.73. The number of anilines is 1. The molecule has 0 aliphatic heterocycles. The number of benzene rings is 1. The van der Waals surface area contributed by atoms with Crippen molar-refractivity contribution in [2.45, 2.75) is 32.5 Å². The van der Waals surface area contributed by atoms with Crippen molar-refractivity contribution in [3.8, 4) is 6.07 Å². The van der Waals surface area contributed by atoms with Crippen LogP contribution in [-0.4, -0.2) is 29.9 Å². The second kappa shape index (κ2) is 6.39. The molecule has 98 valence electrons. The first kappa shape index (κ1) is 14.5. The standard InChI is InChI=1S/C14H20N2O2/c1-10(17)6-7-16(3)14-8-12(9-15)4-5-13(14)11(2)18/h4-5,8,10-11,17-18H,6-7H2,1-3H3/t10?,11-/m1/s1. The molecule has 0 aromatic heterocycles. The van der Waals surface area contributed by atoms with Gasteiger partial charge in [0.25, 0.3) is 0 Å². The molecule has 1 rings (SSSR count). The van der Waals surface area contributed by atoms with Crippen molar-refractivity contribution in [2.75, 3.05) is 18.5 Å². The summed E-state index contributed by atoms with van der Waals surface area (Å²) in [7, 11) is 1.89. The van der Waals surface area contributed by atoms with Crippen LogP contribution in [-0.2, 0) is 0 Å². The van der Waals surface area contributed by atoms with Gasteiger partial charge >= 0.3 is 0 Å². The van der Waals surface area contributed by atoms with Gasteiger partial charge in [-0.2, -0.15) is 5.26 Å². The summed E-state index contributed by atoms with van der Waals surface area (Å²) in [4.78, 5) is 1.95. The van der Waals surface area contributed by atoms with Crippen LogP contribution in [0.4, 0.5) is 5.69 Å². The van der Waals surface area contributed by atoms with Gasteiger partial charge in [-0.1, -0.05) is 6.07 Å². The lowest BCUT2D eigenvalue weighted by atomic mass is 10.0. The van der Waals surface area contributed by atoms with E-state index in [1.54, 1.807) is 32.0 Å². The van der Waals surface area contributed by atoms with E-state index < -0.39 is 6.10 Å². The average Bonchev–Trinajstić information content (AvgIpc) is 2.34. The summed E-state index contributed by atoms with van der Waals surface area (Å²) in [5.41, 5.74) is 2.20. The minimum absolute atomic E-state index is 0.360. The van der Waals surface area contributed by atoms with Gasteiger partial charge in [0, 0.05) is 24.8 Å². The lowest BCUT2D eigenvalue weighted by Gasteiger charge is -2.24. The van der Waals surface area contributed by atoms with Crippen LogP contribution in [0.15, 0.2) is 18.2 Å². The molecule has 0 saturated carbocycles. The molecule has 0 spiro atoms. The van der Waals surface area contributed by atoms with Crippen LogP contribution in [0.25, 0.3) is 0 Å². The first-order valence-electron chi connectivity index (χ1n) is 6.07. The Labute approximate surface area is 108 Å². The molecular weight excluding hydrogens is 228 g/mol. The van der Waals surface area contributed by atoms with Crippen LogP contribution in [0, 0.1) is 11.3 Å². The Morgan fingerprint density at radius 3 is 2.50 bits per heavy atom. The topological polar surface area (TPSA) is 67.5 Å². The van der Waals surface area contributed by atoms with Crippen molar-refractivity contribution in [2.24, 2.45) is 0 Å². The molecule has 2 N–H and O–H groups in total. The van der Waals surface area contributed by atoms with Gasteiger partial charge in [0.1, 0.15) is 0 Å². The largest absolute Gasteiger partial charge is 0.393 e. The smallest absolute Gasteiger partial charge is 0.0992 e. The van der Waals surface area contributed by atoms with Gasteiger partial charge in [-0.15, -0.1) is 0 Å². The summed E-state index contributed by atoms with van der Waals surface area (Å²) in [5.74, 6) is 0. The molecule has 0 bridgehead atoms. The van der Waals surface area contributed by atoms with Gasteiger partial charge in [-0.25, -0.2) is 0 Å². The summed E-state index contributed by atoms with van der Waals surface area (Å²) in [5, 5.41) is 28.0. The van der Waals surface area contributed by atoms with E-state index in [0.29, 0.717) is 18.5 Å². The molecule has 4 heteroatoms. The zero-order valence-electron chi connectivity index (χ0n) is 11.1. The Morgan fingerprint density at radius 1 is 1.33 bits per heavy atom. The molecule has 1 aromatic carbocycles. The lowest BCUT2D eigenvalue weighted by molar-refractivity contribution is 0.186. The van der Waals surface area contributed by atoms with Crippen molar-refractivity contribution in [3.63, 3.8) is 0 Å². The van der Waals surface area contributed by atoms with Crippen molar-refractivity contribution < 1.29 is 10.2 Å². The second-order valence-electron chi connectivity index (χ2n) is 4.62. The fourth-order valence-electron chi connectivity index (χ4n) is 1.80. The molecule has 0 heterocycles. The molecule has 1 aromatic rings. The van der Waals surface area contributed by atoms with E-state index in [-0.39, 0.29) is 6.10 Å². The molecular formula is C14H20N2O2. The number of hydrogen-bond acceptors (Lipinski definition) is 4. The molecule has 0 aliphatic rings. The van der Waals surface area contributed by atoms with E-state index in [2.05, 4.69) is 6.07 Å². The molecule has 1 unspecified atom stereocenters. The molecule has 0 amide bonds. The Bertz CT molecular complexity index is 436. The van der Waals surface area contributed by atoms with Crippen LogP contribution in [0.2, 0.25) is 0 Å². The zero-order chi connectivity index (χ0) is 13.7. The van der Waals surface area contributed by atoms with Gasteiger partial charge in [0.15, 0.2) is 0 Å². The maximum Gasteiger partial charge on any atom is 0.0992 e. The summed E-state index contributed by atoms with van der Waals surface area (Å²) in [6.07, 6.45) is -0.296. The summed E-state index contributed by atoms with van der Waals surface area (Å²) >= 11 is 0. The summed E-state index contributed by atoms with van der Waals surface area (Å²) in [6, 6.07) is 7.34. The SMILES string of the molecule is CC(O)CCN(C)c1cc(C#N)ccc1[C@@H](C)O. The van der Waals surface area contributed by atoms with Gasteiger partial charge in [-0.3, -0.25) is 0 Å². The number of nitriles is 1. The zero-order valence-corrected chi connectivity index (χ0v) is 11.1. The van der Waals surface area contributed by atoms with Crippen molar-refractivity contribution in [3.05, 3.63) is 29.3 Å². The Kier molecular flexibility index (Phi) is 5.14. The minimum atomic E-state index is -0.582. The molecule has 4 nitrogen and oxygen atoms in total. The van der Waals surface area contributed by atoms with Gasteiger partial charge in [0.05, 0.1) is 23.8 Å². The van der Waals surface area contributed by atoms with Crippen molar-refractivity contribution in [1.29, 1.82) is 5.26 Å². The Hall–Kier alpha value is -1.57. The fourth-order valence-corrected chi connectivity index (χ4v) is 1.80. The molecule has 0 radical (unpaired) electrons. The van der Waals surface area contributed by atoms with E-state index in [1.807, 2.05) is 11.9 Å². The summed E-state index contributed by atoms with van der Waals surface area (Å²) in [6.45, 7) is 4.12. The van der Waals surface area contributed by atoms with E-state index >= 15 is 0 Å². The average molecular weight is 248 g/mol. The number of aliphatic hydroxyl groups excluding tert-OH is 2. The first-order valence-corrected chi connectivity index (χ1v) is 6.07. The molecule has 0 fully saturated rings. The highest BCUT2D eigenvalue weighted by Gasteiger charge is 2.13. The molecule has 18 heavy (non-hydrogen) atoms. The monoisotopic (exact) mass is 248 g/mol. The van der Waals surface area contributed by atoms with Gasteiger partial charge in [-0.05, 0) is 32.4 Å². The van der Waals surface area contributed by atoms with Gasteiger partial charge in [0.2, 0.25) is 0 Å². The second-order valence-corrected chi connectivity index (χ2v) is 4.62. The van der Waals surface area contributed by atoms with Crippen LogP contribution in [0.5, 0.6) is 0 Å². The highest BCUT2D eigenvalue weighted by Crippen LogP contribution is 2.27. The van der Waals surface area contributed by atoms with E-state index in [9.17, 15) is 10.2 Å². The van der Waals surface area contributed by atoms with E-state index in [0.717, 1.165) is 11.3 Å². The van der Waals surface area contributed by atoms with E-state index in [4.69, 9.17) is 5.26 Å². The molecule has 0 aliphatic carbocycles. The fraction of sp³-hybridized carbons (Fsp3) is 0.500. The quantitative estimate of drug-likeness (QED) is 0.834. The highest BCUT2D eigenvalue weighted by molar-refractivity contribution is 5.58. The summed E-state index contributed by atoms with van der Waals surface area (Å²) < 4.78 is 0. The maximum atomic E-state index is 9.74. The predicted octanol–water partition coefficient (Wildman–Crippen LogP) is 1.82. The maximum absolute atomic E-state index is 9.74. The minimum Gasteiger partial charge on any atom is -0.393 e. The van der Waals surface area contributed by atoms with E-state index in [1.165, 1.54) is 0 Å². The molecule has 0 saturated heterocycles. The predicted molar refractivity (Wildman–Crippen MR) is 71.4 cm³/mol. The number of nitrogens with zero attached hydrogens (tertiary/aromatic N) is 2. The van der Waals surface area contributed by atoms with Crippen molar-refractivity contribution in [1.82, 2.24) is 0 Å². The van der Waals surface area contributed by atoms with Crippen LogP contribution >= 0.6 is 0 Å². The Morgan fingerprint density at radius 2 is 2.00 bits per heavy atom. The third-order valence-electron chi connectivity index (χ3n) is 2.90. The van der Waals surface area contributed by atoms with Gasteiger partial charge < -0.3 is 15.1 Å². The number of rotatable bonds is 5. The first-order chi connectivity index (χ1) is 8.45. The van der Waals surface area contributed by atoms with Crippen LogP contribution in [0.1, 0.15) is 37.5 Å². The van der Waals surface area contributed by atoms with Crippen molar-refractivity contribution >= 4 is 5.69 Å². The number of aliphatic hydroxyl groups is 2. The third-order valence-corrected chi connectivity index (χ3v) is 2.90. The normalized spacial score (nSPS) is 13.8. The lowest BCUT2D eigenvalue weighted by Crippen LogP contribution is -2.23. The van der Waals surface area contributed by atoms with Crippen LogP contribution < -0.4 is 4.90 Å². The molecule has 2 atom stereocenters. The number of hydrogen-bond donors (Lipinski definition) is 2. The Balaban J connectivity index is 3.00.